The monoisotopic (exact) mass is 224 g/mol. The Kier molecular flexibility index (Phi) is 7.16. The van der Waals surface area contributed by atoms with E-state index in [1.807, 2.05) is 0 Å². The number of unbranched alkanes of at least 4 members (excludes halogenated alkanes) is 4. The smallest absolute Gasteiger partial charge is 0.0360 e. The third-order valence-corrected chi connectivity index (χ3v) is 4.77. The van der Waals surface area contributed by atoms with Crippen molar-refractivity contribution in [2.24, 2.45) is 17.8 Å². The highest BCUT2D eigenvalue weighted by Crippen LogP contribution is 2.40. The summed E-state index contributed by atoms with van der Waals surface area (Å²) in [6, 6.07) is 0. The minimum absolute atomic E-state index is 0.969. The molecule has 1 fully saturated rings. The Morgan fingerprint density at radius 3 is 2.19 bits per heavy atom. The number of rotatable bonds is 9. The standard InChI is InChI=1S/C16H32/c1-4-6-7-8-9-13-16(14(3)5-2)15-11-10-12-15/h14-16H,4-13H2,1-3H3. The van der Waals surface area contributed by atoms with Crippen LogP contribution in [0.15, 0.2) is 0 Å². The predicted octanol–water partition coefficient (Wildman–Crippen LogP) is 5.81. The van der Waals surface area contributed by atoms with Gasteiger partial charge in [0.15, 0.2) is 0 Å². The van der Waals surface area contributed by atoms with Crippen LogP contribution >= 0.6 is 0 Å². The van der Waals surface area contributed by atoms with E-state index < -0.39 is 0 Å². The molecule has 0 aromatic heterocycles. The van der Waals surface area contributed by atoms with E-state index in [1.165, 1.54) is 64.2 Å². The van der Waals surface area contributed by atoms with Crippen LogP contribution in [-0.2, 0) is 0 Å². The van der Waals surface area contributed by atoms with Crippen molar-refractivity contribution in [3.63, 3.8) is 0 Å². The van der Waals surface area contributed by atoms with Crippen LogP contribution < -0.4 is 0 Å². The average molecular weight is 224 g/mol. The summed E-state index contributed by atoms with van der Waals surface area (Å²) >= 11 is 0. The fourth-order valence-corrected chi connectivity index (χ4v) is 3.14. The van der Waals surface area contributed by atoms with Gasteiger partial charge in [0.25, 0.3) is 0 Å². The molecule has 1 aliphatic carbocycles. The highest BCUT2D eigenvalue weighted by atomic mass is 14.3. The summed E-state index contributed by atoms with van der Waals surface area (Å²) in [7, 11) is 0. The molecule has 0 heteroatoms. The maximum atomic E-state index is 2.48. The molecule has 1 rings (SSSR count). The molecule has 0 spiro atoms. The molecule has 0 aromatic carbocycles. The van der Waals surface area contributed by atoms with E-state index >= 15 is 0 Å². The van der Waals surface area contributed by atoms with Crippen LogP contribution in [-0.4, -0.2) is 0 Å². The van der Waals surface area contributed by atoms with Crippen molar-refractivity contribution >= 4 is 0 Å². The summed E-state index contributed by atoms with van der Waals surface area (Å²) in [5.41, 5.74) is 0. The Morgan fingerprint density at radius 1 is 1.00 bits per heavy atom. The van der Waals surface area contributed by atoms with Gasteiger partial charge in [0.05, 0.1) is 0 Å². The molecule has 2 unspecified atom stereocenters. The largest absolute Gasteiger partial charge is 0.0654 e. The normalized spacial score (nSPS) is 20.4. The van der Waals surface area contributed by atoms with Crippen molar-refractivity contribution in [2.75, 3.05) is 0 Å². The van der Waals surface area contributed by atoms with Gasteiger partial charge in [-0.15, -0.1) is 0 Å². The van der Waals surface area contributed by atoms with Gasteiger partial charge in [-0.1, -0.05) is 78.6 Å². The first kappa shape index (κ1) is 14.1. The summed E-state index contributed by atoms with van der Waals surface area (Å²) in [5, 5.41) is 0. The van der Waals surface area contributed by atoms with E-state index in [0.29, 0.717) is 0 Å². The summed E-state index contributed by atoms with van der Waals surface area (Å²) in [4.78, 5) is 0. The van der Waals surface area contributed by atoms with E-state index in [4.69, 9.17) is 0 Å². The molecule has 0 saturated heterocycles. The van der Waals surface area contributed by atoms with E-state index in [2.05, 4.69) is 20.8 Å². The van der Waals surface area contributed by atoms with Gasteiger partial charge in [0.2, 0.25) is 0 Å². The van der Waals surface area contributed by atoms with Crippen LogP contribution in [0.1, 0.15) is 85.0 Å². The third kappa shape index (κ3) is 4.47. The topological polar surface area (TPSA) is 0 Å². The fraction of sp³-hybridized carbons (Fsp3) is 1.00. The minimum atomic E-state index is 0.969. The third-order valence-electron chi connectivity index (χ3n) is 4.77. The van der Waals surface area contributed by atoms with Gasteiger partial charge in [0, 0.05) is 0 Å². The van der Waals surface area contributed by atoms with Crippen molar-refractivity contribution in [1.29, 1.82) is 0 Å². The molecule has 0 amide bonds. The van der Waals surface area contributed by atoms with E-state index in [1.54, 1.807) is 0 Å². The van der Waals surface area contributed by atoms with Crippen molar-refractivity contribution in [2.45, 2.75) is 85.0 Å². The maximum Gasteiger partial charge on any atom is -0.0360 e. The zero-order chi connectivity index (χ0) is 11.8. The van der Waals surface area contributed by atoms with Gasteiger partial charge in [-0.3, -0.25) is 0 Å². The van der Waals surface area contributed by atoms with Crippen molar-refractivity contribution in [3.05, 3.63) is 0 Å². The van der Waals surface area contributed by atoms with Gasteiger partial charge in [-0.2, -0.15) is 0 Å². The highest BCUT2D eigenvalue weighted by Gasteiger charge is 2.29. The van der Waals surface area contributed by atoms with Crippen LogP contribution in [0, 0.1) is 17.8 Å². The van der Waals surface area contributed by atoms with Crippen molar-refractivity contribution in [3.8, 4) is 0 Å². The molecule has 16 heavy (non-hydrogen) atoms. The van der Waals surface area contributed by atoms with Gasteiger partial charge in [-0.25, -0.2) is 0 Å². The lowest BCUT2D eigenvalue weighted by atomic mass is 9.68. The average Bonchev–Trinajstić information content (AvgIpc) is 2.23. The summed E-state index contributed by atoms with van der Waals surface area (Å²) < 4.78 is 0. The van der Waals surface area contributed by atoms with E-state index in [9.17, 15) is 0 Å². The predicted molar refractivity (Wildman–Crippen MR) is 73.7 cm³/mol. The Labute approximate surface area is 103 Å². The first-order chi connectivity index (χ1) is 7.79. The summed E-state index contributed by atoms with van der Waals surface area (Å²) in [6.07, 6.45) is 14.7. The van der Waals surface area contributed by atoms with E-state index in [-0.39, 0.29) is 0 Å². The van der Waals surface area contributed by atoms with Crippen molar-refractivity contribution in [1.82, 2.24) is 0 Å². The second-order valence-corrected chi connectivity index (χ2v) is 5.94. The molecule has 1 saturated carbocycles. The molecule has 2 atom stereocenters. The minimum Gasteiger partial charge on any atom is -0.0654 e. The second-order valence-electron chi connectivity index (χ2n) is 5.94. The molecule has 0 heterocycles. The fourth-order valence-electron chi connectivity index (χ4n) is 3.14. The number of hydrogen-bond donors (Lipinski definition) is 0. The molecule has 0 N–H and O–H groups in total. The molecule has 0 aliphatic heterocycles. The Hall–Kier alpha value is 0. The lowest BCUT2D eigenvalue weighted by molar-refractivity contribution is 0.136. The van der Waals surface area contributed by atoms with Crippen LogP contribution in [0.3, 0.4) is 0 Å². The first-order valence-corrected chi connectivity index (χ1v) is 7.79. The molecular weight excluding hydrogens is 192 g/mol. The maximum absolute atomic E-state index is 2.48. The van der Waals surface area contributed by atoms with Crippen LogP contribution in [0.2, 0.25) is 0 Å². The zero-order valence-corrected chi connectivity index (χ0v) is 11.8. The number of hydrogen-bond acceptors (Lipinski definition) is 0. The van der Waals surface area contributed by atoms with Crippen LogP contribution in [0.25, 0.3) is 0 Å². The van der Waals surface area contributed by atoms with Gasteiger partial charge < -0.3 is 0 Å². The van der Waals surface area contributed by atoms with E-state index in [0.717, 1.165) is 17.8 Å². The van der Waals surface area contributed by atoms with Crippen LogP contribution in [0.4, 0.5) is 0 Å². The molecule has 0 radical (unpaired) electrons. The first-order valence-electron chi connectivity index (χ1n) is 7.79. The molecule has 0 aromatic rings. The van der Waals surface area contributed by atoms with Crippen molar-refractivity contribution < 1.29 is 0 Å². The summed E-state index contributed by atoms with van der Waals surface area (Å²) in [5.74, 6) is 3.12. The van der Waals surface area contributed by atoms with Gasteiger partial charge in [0.1, 0.15) is 0 Å². The van der Waals surface area contributed by atoms with Gasteiger partial charge >= 0.3 is 0 Å². The van der Waals surface area contributed by atoms with Crippen LogP contribution in [0.5, 0.6) is 0 Å². The Morgan fingerprint density at radius 2 is 1.69 bits per heavy atom. The lowest BCUT2D eigenvalue weighted by Crippen LogP contribution is -2.27. The second kappa shape index (κ2) is 8.14. The molecule has 0 bridgehead atoms. The lowest BCUT2D eigenvalue weighted by Gasteiger charge is -2.37. The zero-order valence-electron chi connectivity index (χ0n) is 11.8. The van der Waals surface area contributed by atoms with Gasteiger partial charge in [-0.05, 0) is 24.2 Å². The Bertz CT molecular complexity index is 153. The SMILES string of the molecule is CCCCCCCC(C(C)CC)C1CCC1. The molecular formula is C16H32. The quantitative estimate of drug-likeness (QED) is 0.434. The molecule has 1 aliphatic rings. The summed E-state index contributed by atoms with van der Waals surface area (Å²) in [6.45, 7) is 7.15. The molecule has 0 nitrogen and oxygen atoms in total. The molecule has 96 valence electrons. The Balaban J connectivity index is 2.16. The highest BCUT2D eigenvalue weighted by molar-refractivity contribution is 4.80.